The normalized spacial score (nSPS) is 20.6. The van der Waals surface area contributed by atoms with Crippen LogP contribution in [0.5, 0.6) is 0 Å². The fraction of sp³-hybridized carbons (Fsp3) is 0.364. The molecule has 154 valence electrons. The molecule has 1 aromatic carbocycles. The van der Waals surface area contributed by atoms with E-state index in [-0.39, 0.29) is 24.1 Å². The Balaban J connectivity index is 1.36. The third-order valence-electron chi connectivity index (χ3n) is 6.15. The highest BCUT2D eigenvalue weighted by Crippen LogP contribution is 2.30. The van der Waals surface area contributed by atoms with Gasteiger partial charge in [-0.3, -0.25) is 19.7 Å². The molecular formula is C22H23N5O3. The van der Waals surface area contributed by atoms with Crippen LogP contribution in [0.25, 0.3) is 0 Å². The van der Waals surface area contributed by atoms with E-state index in [1.165, 1.54) is 11.1 Å². The summed E-state index contributed by atoms with van der Waals surface area (Å²) < 4.78 is 0. The molecule has 1 fully saturated rings. The number of hydrogen-bond acceptors (Lipinski definition) is 6. The SMILES string of the molecule is O=C1CCC(N2Cc3c(CNc4nccc5c4CNCC5)cccc3C2=O)C(=O)N1. The first-order valence-electron chi connectivity index (χ1n) is 10.3. The number of nitrogens with one attached hydrogen (secondary N) is 3. The summed E-state index contributed by atoms with van der Waals surface area (Å²) in [6.07, 6.45) is 3.44. The van der Waals surface area contributed by atoms with E-state index in [4.69, 9.17) is 0 Å². The van der Waals surface area contributed by atoms with Gasteiger partial charge in [-0.2, -0.15) is 0 Å². The van der Waals surface area contributed by atoms with E-state index in [9.17, 15) is 14.4 Å². The zero-order valence-electron chi connectivity index (χ0n) is 16.5. The Labute approximate surface area is 174 Å². The van der Waals surface area contributed by atoms with Crippen LogP contribution in [0.4, 0.5) is 5.82 Å². The van der Waals surface area contributed by atoms with Gasteiger partial charge < -0.3 is 15.5 Å². The van der Waals surface area contributed by atoms with Crippen LogP contribution in [-0.4, -0.2) is 40.2 Å². The van der Waals surface area contributed by atoms with Crippen molar-refractivity contribution in [3.05, 3.63) is 58.3 Å². The Kier molecular flexibility index (Phi) is 4.71. The van der Waals surface area contributed by atoms with Crippen LogP contribution in [0.2, 0.25) is 0 Å². The van der Waals surface area contributed by atoms with Crippen LogP contribution in [0.15, 0.2) is 30.5 Å². The molecule has 2 aromatic rings. The Hall–Kier alpha value is -3.26. The van der Waals surface area contributed by atoms with Gasteiger partial charge >= 0.3 is 0 Å². The van der Waals surface area contributed by atoms with Gasteiger partial charge in [0.2, 0.25) is 11.8 Å². The number of nitrogens with zero attached hydrogens (tertiary/aromatic N) is 2. The van der Waals surface area contributed by atoms with E-state index < -0.39 is 6.04 Å². The number of rotatable bonds is 4. The molecule has 3 aliphatic heterocycles. The highest BCUT2D eigenvalue weighted by Gasteiger charge is 2.39. The van der Waals surface area contributed by atoms with Gasteiger partial charge in [0.1, 0.15) is 11.9 Å². The van der Waals surface area contributed by atoms with Gasteiger partial charge in [0.15, 0.2) is 0 Å². The van der Waals surface area contributed by atoms with Crippen LogP contribution in [0, 0.1) is 0 Å². The van der Waals surface area contributed by atoms with Crippen molar-refractivity contribution >= 4 is 23.5 Å². The van der Waals surface area contributed by atoms with Crippen molar-refractivity contribution in [1.29, 1.82) is 0 Å². The molecule has 3 amide bonds. The average Bonchev–Trinajstić information content (AvgIpc) is 3.09. The molecular weight excluding hydrogens is 382 g/mol. The highest BCUT2D eigenvalue weighted by molar-refractivity contribution is 6.05. The number of benzene rings is 1. The van der Waals surface area contributed by atoms with Crippen LogP contribution in [0.1, 0.15) is 45.5 Å². The molecule has 4 heterocycles. The highest BCUT2D eigenvalue weighted by atomic mass is 16.2. The quantitative estimate of drug-likeness (QED) is 0.659. The van der Waals surface area contributed by atoms with Crippen molar-refractivity contribution in [3.63, 3.8) is 0 Å². The largest absolute Gasteiger partial charge is 0.366 e. The van der Waals surface area contributed by atoms with Crippen LogP contribution < -0.4 is 16.0 Å². The summed E-state index contributed by atoms with van der Waals surface area (Å²) in [6.45, 7) is 2.68. The van der Waals surface area contributed by atoms with E-state index in [1.807, 2.05) is 18.3 Å². The summed E-state index contributed by atoms with van der Waals surface area (Å²) in [5.41, 5.74) is 5.08. The molecule has 5 rings (SSSR count). The Bertz CT molecular complexity index is 1050. The van der Waals surface area contributed by atoms with Crippen molar-refractivity contribution in [2.24, 2.45) is 0 Å². The predicted molar refractivity (Wildman–Crippen MR) is 109 cm³/mol. The second-order valence-electron chi connectivity index (χ2n) is 7.92. The topological polar surface area (TPSA) is 103 Å². The molecule has 0 aliphatic carbocycles. The van der Waals surface area contributed by atoms with Crippen LogP contribution in [0.3, 0.4) is 0 Å². The lowest BCUT2D eigenvalue weighted by Crippen LogP contribution is -2.52. The second kappa shape index (κ2) is 7.53. The van der Waals surface area contributed by atoms with E-state index in [0.29, 0.717) is 25.1 Å². The van der Waals surface area contributed by atoms with Crippen molar-refractivity contribution in [3.8, 4) is 0 Å². The molecule has 8 heteroatoms. The van der Waals surface area contributed by atoms with E-state index in [1.54, 1.807) is 11.0 Å². The van der Waals surface area contributed by atoms with Gasteiger partial charge in [0, 0.05) is 43.4 Å². The lowest BCUT2D eigenvalue weighted by molar-refractivity contribution is -0.136. The molecule has 1 saturated heterocycles. The third kappa shape index (κ3) is 3.23. The van der Waals surface area contributed by atoms with Gasteiger partial charge in [-0.1, -0.05) is 12.1 Å². The molecule has 1 atom stereocenters. The summed E-state index contributed by atoms with van der Waals surface area (Å²) in [7, 11) is 0. The monoisotopic (exact) mass is 405 g/mol. The average molecular weight is 405 g/mol. The molecule has 1 aromatic heterocycles. The van der Waals surface area contributed by atoms with E-state index in [0.717, 1.165) is 36.5 Å². The van der Waals surface area contributed by atoms with Gasteiger partial charge in [0.05, 0.1) is 0 Å². The summed E-state index contributed by atoms with van der Waals surface area (Å²) in [5.74, 6) is 0.0441. The maximum Gasteiger partial charge on any atom is 0.255 e. The number of anilines is 1. The summed E-state index contributed by atoms with van der Waals surface area (Å²) >= 11 is 0. The van der Waals surface area contributed by atoms with Crippen LogP contribution >= 0.6 is 0 Å². The van der Waals surface area contributed by atoms with Crippen LogP contribution in [-0.2, 0) is 35.6 Å². The Morgan fingerprint density at radius 3 is 2.90 bits per heavy atom. The molecule has 8 nitrogen and oxygen atoms in total. The smallest absolute Gasteiger partial charge is 0.255 e. The van der Waals surface area contributed by atoms with Crippen molar-refractivity contribution in [2.75, 3.05) is 11.9 Å². The molecule has 0 bridgehead atoms. The molecule has 0 saturated carbocycles. The molecule has 1 unspecified atom stereocenters. The minimum absolute atomic E-state index is 0.152. The number of amides is 3. The molecule has 3 aliphatic rings. The predicted octanol–water partition coefficient (Wildman–Crippen LogP) is 1.10. The number of carbonyl (C=O) groups is 3. The summed E-state index contributed by atoms with van der Waals surface area (Å²) in [4.78, 5) is 42.8. The lowest BCUT2D eigenvalue weighted by atomic mass is 10.0. The Morgan fingerprint density at radius 2 is 2.03 bits per heavy atom. The minimum Gasteiger partial charge on any atom is -0.366 e. The maximum absolute atomic E-state index is 13.0. The second-order valence-corrected chi connectivity index (χ2v) is 7.92. The zero-order valence-corrected chi connectivity index (χ0v) is 16.5. The first-order chi connectivity index (χ1) is 14.6. The summed E-state index contributed by atoms with van der Waals surface area (Å²) in [6, 6.07) is 7.15. The number of pyridine rings is 1. The number of imide groups is 1. The van der Waals surface area contributed by atoms with E-state index in [2.05, 4.69) is 27.0 Å². The Morgan fingerprint density at radius 1 is 1.13 bits per heavy atom. The first-order valence-corrected chi connectivity index (χ1v) is 10.3. The van der Waals surface area contributed by atoms with Gasteiger partial charge in [-0.15, -0.1) is 0 Å². The molecule has 0 spiro atoms. The molecule has 3 N–H and O–H groups in total. The zero-order chi connectivity index (χ0) is 20.7. The fourth-order valence-corrected chi connectivity index (χ4v) is 4.55. The number of hydrogen-bond donors (Lipinski definition) is 3. The minimum atomic E-state index is -0.600. The number of piperidine rings is 1. The number of fused-ring (bicyclic) bond motifs is 2. The standard InChI is InChI=1S/C22H23N5O3/c28-19-5-4-18(21(29)26-19)27-12-17-14(2-1-3-15(17)22(27)30)10-25-20-16-11-23-8-6-13(16)7-9-24-20/h1-3,7,9,18,23H,4-6,8,10-12H2,(H,24,25)(H,26,28,29). The van der Waals surface area contributed by atoms with Crippen molar-refractivity contribution < 1.29 is 14.4 Å². The van der Waals surface area contributed by atoms with Gasteiger partial charge in [-0.05, 0) is 48.2 Å². The van der Waals surface area contributed by atoms with Crippen molar-refractivity contribution in [1.82, 2.24) is 20.5 Å². The maximum atomic E-state index is 13.0. The number of aromatic nitrogens is 1. The molecule has 30 heavy (non-hydrogen) atoms. The number of carbonyl (C=O) groups excluding carboxylic acids is 3. The fourth-order valence-electron chi connectivity index (χ4n) is 4.55. The van der Waals surface area contributed by atoms with Crippen molar-refractivity contribution in [2.45, 2.75) is 44.9 Å². The van der Waals surface area contributed by atoms with E-state index >= 15 is 0 Å². The first kappa shape index (κ1) is 18.7. The lowest BCUT2D eigenvalue weighted by Gasteiger charge is -2.29. The van der Waals surface area contributed by atoms with Gasteiger partial charge in [0.25, 0.3) is 5.91 Å². The third-order valence-corrected chi connectivity index (χ3v) is 6.15. The van der Waals surface area contributed by atoms with Gasteiger partial charge in [-0.25, -0.2) is 4.98 Å². The summed E-state index contributed by atoms with van der Waals surface area (Å²) in [5, 5.41) is 9.17. The molecule has 0 radical (unpaired) electrons.